The van der Waals surface area contributed by atoms with Crippen molar-refractivity contribution in [3.63, 3.8) is 0 Å². The maximum absolute atomic E-state index is 10.4. The minimum Gasteiger partial charge on any atom is -0.434 e. The molecule has 6 heteroatoms. The molecule has 0 aromatic heterocycles. The Morgan fingerprint density at radius 2 is 1.75 bits per heavy atom. The van der Waals surface area contributed by atoms with Crippen LogP contribution < -0.4 is 0 Å². The van der Waals surface area contributed by atoms with Gasteiger partial charge in [0.1, 0.15) is 0 Å². The van der Waals surface area contributed by atoms with E-state index in [9.17, 15) is 9.59 Å². The summed E-state index contributed by atoms with van der Waals surface area (Å²) in [7, 11) is 0. The van der Waals surface area contributed by atoms with Gasteiger partial charge in [0, 0.05) is 0 Å². The summed E-state index contributed by atoms with van der Waals surface area (Å²) in [4.78, 5) is 29.0. The van der Waals surface area contributed by atoms with Gasteiger partial charge in [-0.05, 0) is 13.8 Å². The normalized spacial score (nSPS) is 8.83. The summed E-state index contributed by atoms with van der Waals surface area (Å²) in [6.07, 6.45) is -2.35. The lowest BCUT2D eigenvalue weighted by atomic mass is 10.9. The van der Waals surface area contributed by atoms with Crippen LogP contribution in [0.4, 0.5) is 9.59 Å². The second-order valence-corrected chi connectivity index (χ2v) is 1.52. The monoisotopic (exact) mass is 178 g/mol. The average Bonchev–Trinajstić information content (AvgIpc) is 2.01. The van der Waals surface area contributed by atoms with Gasteiger partial charge in [-0.25, -0.2) is 9.59 Å². The van der Waals surface area contributed by atoms with E-state index in [1.54, 1.807) is 13.8 Å². The highest BCUT2D eigenvalue weighted by Crippen LogP contribution is 1.90. The maximum atomic E-state index is 10.4. The van der Waals surface area contributed by atoms with Crippen molar-refractivity contribution >= 4 is 12.3 Å². The third kappa shape index (κ3) is 5.48. The second kappa shape index (κ2) is 6.41. The lowest BCUT2D eigenvalue weighted by Crippen LogP contribution is -2.15. The molecule has 0 unspecified atom stereocenters. The Kier molecular flexibility index (Phi) is 5.72. The van der Waals surface area contributed by atoms with Gasteiger partial charge in [0.05, 0.1) is 13.2 Å². The zero-order chi connectivity index (χ0) is 9.40. The van der Waals surface area contributed by atoms with Gasteiger partial charge in [0.2, 0.25) is 0 Å². The second-order valence-electron chi connectivity index (χ2n) is 1.52. The molecule has 0 aromatic rings. The van der Waals surface area contributed by atoms with Crippen LogP contribution in [0.5, 0.6) is 0 Å². The summed E-state index contributed by atoms with van der Waals surface area (Å²) in [6.45, 7) is 3.49. The van der Waals surface area contributed by atoms with Gasteiger partial charge >= 0.3 is 12.3 Å². The summed E-state index contributed by atoms with van der Waals surface area (Å²) in [5, 5.41) is 0. The van der Waals surface area contributed by atoms with E-state index in [1.165, 1.54) is 0 Å². The van der Waals surface area contributed by atoms with E-state index < -0.39 is 12.3 Å². The van der Waals surface area contributed by atoms with Crippen LogP contribution in [0.2, 0.25) is 0 Å². The molecular formula is C6H10O6. The lowest BCUT2D eigenvalue weighted by Gasteiger charge is -2.01. The van der Waals surface area contributed by atoms with Gasteiger partial charge < -0.3 is 9.47 Å². The van der Waals surface area contributed by atoms with Gasteiger partial charge in [-0.2, -0.15) is 4.89 Å². The Hall–Kier alpha value is -1.30. The van der Waals surface area contributed by atoms with Gasteiger partial charge in [0.25, 0.3) is 0 Å². The minimum absolute atomic E-state index is 0.126. The fourth-order valence-corrected chi connectivity index (χ4v) is 0.339. The molecular weight excluding hydrogens is 168 g/mol. The first-order chi connectivity index (χ1) is 5.70. The molecule has 0 N–H and O–H groups in total. The Balaban J connectivity index is 3.47. The molecule has 0 saturated carbocycles. The van der Waals surface area contributed by atoms with Crippen molar-refractivity contribution < 1.29 is 28.8 Å². The van der Waals surface area contributed by atoms with Crippen molar-refractivity contribution in [3.05, 3.63) is 0 Å². The van der Waals surface area contributed by atoms with Crippen LogP contribution in [0.1, 0.15) is 13.8 Å². The molecule has 0 aliphatic heterocycles. The molecule has 0 bridgehead atoms. The number of carbonyl (C=O) groups is 2. The predicted octanol–water partition coefficient (Wildman–Crippen LogP) is 1.25. The summed E-state index contributed by atoms with van der Waals surface area (Å²) >= 11 is 0. The topological polar surface area (TPSA) is 71.1 Å². The van der Waals surface area contributed by atoms with Crippen LogP contribution in [-0.4, -0.2) is 25.5 Å². The minimum atomic E-state index is -1.24. The number of hydrogen-bond acceptors (Lipinski definition) is 6. The molecule has 0 saturated heterocycles. The molecule has 0 amide bonds. The Labute approximate surface area is 69.3 Å². The quantitative estimate of drug-likeness (QED) is 0.280. The van der Waals surface area contributed by atoms with Crippen LogP contribution in [0.3, 0.4) is 0 Å². The van der Waals surface area contributed by atoms with Crippen molar-refractivity contribution in [2.75, 3.05) is 13.2 Å². The molecule has 0 rings (SSSR count). The first-order valence-corrected chi connectivity index (χ1v) is 3.38. The Morgan fingerprint density at radius 3 is 2.25 bits per heavy atom. The average molecular weight is 178 g/mol. The molecule has 0 spiro atoms. The molecule has 12 heavy (non-hydrogen) atoms. The summed E-state index contributed by atoms with van der Waals surface area (Å²) in [6, 6.07) is 0. The third-order valence-electron chi connectivity index (χ3n) is 0.674. The van der Waals surface area contributed by atoms with Gasteiger partial charge in [-0.1, -0.05) is 0 Å². The molecule has 0 heterocycles. The summed E-state index contributed by atoms with van der Waals surface area (Å²) in [5.41, 5.74) is 0. The predicted molar refractivity (Wildman–Crippen MR) is 36.2 cm³/mol. The van der Waals surface area contributed by atoms with Crippen molar-refractivity contribution in [1.29, 1.82) is 0 Å². The number of ether oxygens (including phenoxy) is 2. The first kappa shape index (κ1) is 10.7. The van der Waals surface area contributed by atoms with E-state index in [2.05, 4.69) is 19.2 Å². The zero-order valence-electron chi connectivity index (χ0n) is 6.86. The molecule has 6 nitrogen and oxygen atoms in total. The smallest absolute Gasteiger partial charge is 0.434 e. The highest BCUT2D eigenvalue weighted by Gasteiger charge is 2.12. The van der Waals surface area contributed by atoms with E-state index in [0.717, 1.165) is 0 Å². The summed E-state index contributed by atoms with van der Waals surface area (Å²) < 4.78 is 8.22. The van der Waals surface area contributed by atoms with Crippen LogP contribution in [-0.2, 0) is 19.2 Å². The standard InChI is InChI=1S/C6H10O6/c1-3-9-5(7)11-6(8)12-10-4-2/h3-4H2,1-2H3. The maximum Gasteiger partial charge on any atom is 0.550 e. The largest absolute Gasteiger partial charge is 0.550 e. The van der Waals surface area contributed by atoms with Crippen molar-refractivity contribution in [3.8, 4) is 0 Å². The van der Waals surface area contributed by atoms with Gasteiger partial charge in [-0.15, -0.1) is 0 Å². The number of rotatable bonds is 3. The first-order valence-electron chi connectivity index (χ1n) is 3.38. The van der Waals surface area contributed by atoms with Crippen LogP contribution in [0.25, 0.3) is 0 Å². The van der Waals surface area contributed by atoms with Crippen LogP contribution in [0, 0.1) is 0 Å². The summed E-state index contributed by atoms with van der Waals surface area (Å²) in [5.74, 6) is 0. The van der Waals surface area contributed by atoms with Crippen molar-refractivity contribution in [2.45, 2.75) is 13.8 Å². The highest BCUT2D eigenvalue weighted by molar-refractivity contribution is 5.76. The van der Waals surface area contributed by atoms with Crippen LogP contribution >= 0.6 is 0 Å². The van der Waals surface area contributed by atoms with E-state index >= 15 is 0 Å². The van der Waals surface area contributed by atoms with E-state index in [-0.39, 0.29) is 13.2 Å². The van der Waals surface area contributed by atoms with Crippen molar-refractivity contribution in [2.24, 2.45) is 0 Å². The lowest BCUT2D eigenvalue weighted by molar-refractivity contribution is -0.247. The number of hydrogen-bond donors (Lipinski definition) is 0. The van der Waals surface area contributed by atoms with E-state index in [4.69, 9.17) is 0 Å². The van der Waals surface area contributed by atoms with Crippen molar-refractivity contribution in [1.82, 2.24) is 0 Å². The third-order valence-corrected chi connectivity index (χ3v) is 0.674. The Morgan fingerprint density at radius 1 is 1.08 bits per heavy atom. The highest BCUT2D eigenvalue weighted by atomic mass is 17.2. The SMILES string of the molecule is CCOOC(=O)OC(=O)OCC. The van der Waals surface area contributed by atoms with Gasteiger partial charge in [-0.3, -0.25) is 4.89 Å². The fourth-order valence-electron chi connectivity index (χ4n) is 0.339. The molecule has 0 atom stereocenters. The molecule has 0 aliphatic carbocycles. The van der Waals surface area contributed by atoms with E-state index in [1.807, 2.05) is 0 Å². The van der Waals surface area contributed by atoms with Crippen LogP contribution in [0.15, 0.2) is 0 Å². The zero-order valence-corrected chi connectivity index (χ0v) is 6.86. The molecule has 0 fully saturated rings. The number of carbonyl (C=O) groups excluding carboxylic acids is 2. The molecule has 70 valence electrons. The van der Waals surface area contributed by atoms with Gasteiger partial charge in [0.15, 0.2) is 0 Å². The molecule has 0 aromatic carbocycles. The Bertz CT molecular complexity index is 154. The molecule has 0 aliphatic rings. The molecule has 0 radical (unpaired) electrons. The van der Waals surface area contributed by atoms with E-state index in [0.29, 0.717) is 0 Å². The fraction of sp³-hybridized carbons (Fsp3) is 0.667.